The number of amides is 2. The van der Waals surface area contributed by atoms with Crippen molar-refractivity contribution in [3.05, 3.63) is 47.1 Å². The van der Waals surface area contributed by atoms with Crippen molar-refractivity contribution in [1.82, 2.24) is 4.98 Å². The molecule has 0 aliphatic rings. The molecule has 0 fully saturated rings. The van der Waals surface area contributed by atoms with E-state index < -0.39 is 0 Å². The fourth-order valence-corrected chi connectivity index (χ4v) is 1.76. The summed E-state index contributed by atoms with van der Waals surface area (Å²) in [4.78, 5) is 15.8. The number of rotatable bonds is 3. The molecule has 1 aromatic heterocycles. The number of carbonyl (C=O) groups excluding carboxylic acids is 1. The van der Waals surface area contributed by atoms with Crippen molar-refractivity contribution >= 4 is 33.5 Å². The van der Waals surface area contributed by atoms with Crippen molar-refractivity contribution in [2.75, 3.05) is 17.7 Å². The van der Waals surface area contributed by atoms with Crippen molar-refractivity contribution in [2.45, 2.75) is 0 Å². The van der Waals surface area contributed by atoms with Gasteiger partial charge in [0.05, 0.1) is 7.11 Å². The molecule has 0 spiro atoms. The summed E-state index contributed by atoms with van der Waals surface area (Å²) in [5.41, 5.74) is 0.674. The maximum Gasteiger partial charge on any atom is 0.324 e. The van der Waals surface area contributed by atoms with Crippen LogP contribution in [0.1, 0.15) is 0 Å². The Hall–Kier alpha value is -2.08. The van der Waals surface area contributed by atoms with Gasteiger partial charge in [0.25, 0.3) is 0 Å². The molecule has 0 bridgehead atoms. The van der Waals surface area contributed by atoms with Crippen LogP contribution in [0.2, 0.25) is 0 Å². The summed E-state index contributed by atoms with van der Waals surface area (Å²) in [5.74, 6) is 1.21. The smallest absolute Gasteiger partial charge is 0.324 e. The second-order valence-electron chi connectivity index (χ2n) is 3.67. The number of benzene rings is 1. The molecule has 0 aliphatic heterocycles. The SMILES string of the molecule is COc1ccc(NC(=O)Nc2cc(Br)ccn2)cc1. The fraction of sp³-hybridized carbons (Fsp3) is 0.0769. The van der Waals surface area contributed by atoms with Crippen molar-refractivity contribution in [2.24, 2.45) is 0 Å². The number of nitrogens with zero attached hydrogens (tertiary/aromatic N) is 1. The molecule has 2 amide bonds. The Morgan fingerprint density at radius 3 is 2.58 bits per heavy atom. The van der Waals surface area contributed by atoms with Gasteiger partial charge in [-0.25, -0.2) is 9.78 Å². The second kappa shape index (κ2) is 6.19. The molecule has 0 saturated heterocycles. The Labute approximate surface area is 119 Å². The van der Waals surface area contributed by atoms with Crippen LogP contribution in [0, 0.1) is 0 Å². The van der Waals surface area contributed by atoms with E-state index in [1.54, 1.807) is 49.7 Å². The van der Waals surface area contributed by atoms with Crippen LogP contribution in [0.15, 0.2) is 47.1 Å². The topological polar surface area (TPSA) is 63.2 Å². The molecule has 2 aromatic rings. The van der Waals surface area contributed by atoms with Crippen LogP contribution in [0.3, 0.4) is 0 Å². The van der Waals surface area contributed by atoms with Crippen molar-refractivity contribution < 1.29 is 9.53 Å². The van der Waals surface area contributed by atoms with Crippen LogP contribution in [0.4, 0.5) is 16.3 Å². The lowest BCUT2D eigenvalue weighted by Crippen LogP contribution is -2.19. The highest BCUT2D eigenvalue weighted by Crippen LogP contribution is 2.16. The summed E-state index contributed by atoms with van der Waals surface area (Å²) in [6.45, 7) is 0. The van der Waals surface area contributed by atoms with Gasteiger partial charge in [-0.15, -0.1) is 0 Å². The number of carbonyl (C=O) groups is 1. The zero-order valence-electron chi connectivity index (χ0n) is 10.2. The van der Waals surface area contributed by atoms with E-state index in [1.165, 1.54) is 0 Å². The molecule has 0 atom stereocenters. The van der Waals surface area contributed by atoms with Gasteiger partial charge >= 0.3 is 6.03 Å². The van der Waals surface area contributed by atoms with E-state index in [0.29, 0.717) is 11.5 Å². The summed E-state index contributed by atoms with van der Waals surface area (Å²) in [7, 11) is 1.59. The molecule has 98 valence electrons. The number of hydrogen-bond acceptors (Lipinski definition) is 3. The van der Waals surface area contributed by atoms with E-state index in [0.717, 1.165) is 10.2 Å². The van der Waals surface area contributed by atoms with E-state index in [2.05, 4.69) is 31.5 Å². The Bertz CT molecular complexity index is 572. The Balaban J connectivity index is 1.97. The number of hydrogen-bond donors (Lipinski definition) is 2. The molecule has 0 radical (unpaired) electrons. The first kappa shape index (κ1) is 13.4. The zero-order valence-corrected chi connectivity index (χ0v) is 11.8. The lowest BCUT2D eigenvalue weighted by atomic mass is 10.3. The minimum absolute atomic E-state index is 0.351. The number of aromatic nitrogens is 1. The molecule has 19 heavy (non-hydrogen) atoms. The van der Waals surface area contributed by atoms with E-state index >= 15 is 0 Å². The third-order valence-corrected chi connectivity index (χ3v) is 2.80. The van der Waals surface area contributed by atoms with Crippen LogP contribution < -0.4 is 15.4 Å². The first-order valence-corrected chi connectivity index (χ1v) is 6.30. The van der Waals surface area contributed by atoms with Crippen LogP contribution in [-0.2, 0) is 0 Å². The molecule has 0 saturated carbocycles. The van der Waals surface area contributed by atoms with Gasteiger partial charge in [0.15, 0.2) is 0 Å². The van der Waals surface area contributed by atoms with Gasteiger partial charge in [0, 0.05) is 16.4 Å². The molecule has 1 heterocycles. The van der Waals surface area contributed by atoms with Crippen LogP contribution in [0.5, 0.6) is 5.75 Å². The maximum atomic E-state index is 11.7. The highest BCUT2D eigenvalue weighted by atomic mass is 79.9. The third kappa shape index (κ3) is 3.96. The van der Waals surface area contributed by atoms with E-state index in [9.17, 15) is 4.79 Å². The van der Waals surface area contributed by atoms with Crippen molar-refractivity contribution in [3.8, 4) is 5.75 Å². The molecule has 2 rings (SSSR count). The van der Waals surface area contributed by atoms with E-state index in [4.69, 9.17) is 4.74 Å². The predicted octanol–water partition coefficient (Wildman–Crippen LogP) is 3.50. The molecule has 2 N–H and O–H groups in total. The van der Waals surface area contributed by atoms with Crippen LogP contribution >= 0.6 is 15.9 Å². The van der Waals surface area contributed by atoms with Gasteiger partial charge in [0.2, 0.25) is 0 Å². The maximum absolute atomic E-state index is 11.7. The van der Waals surface area contributed by atoms with Gasteiger partial charge in [-0.2, -0.15) is 0 Å². The second-order valence-corrected chi connectivity index (χ2v) is 4.58. The van der Waals surface area contributed by atoms with E-state index in [1.807, 2.05) is 0 Å². The third-order valence-electron chi connectivity index (χ3n) is 2.31. The lowest BCUT2D eigenvalue weighted by Gasteiger charge is -2.07. The van der Waals surface area contributed by atoms with Gasteiger partial charge in [0.1, 0.15) is 11.6 Å². The first-order chi connectivity index (χ1) is 9.17. The molecular weight excluding hydrogens is 310 g/mol. The number of methoxy groups -OCH3 is 1. The molecule has 1 aromatic carbocycles. The average molecular weight is 322 g/mol. The number of nitrogens with one attached hydrogen (secondary N) is 2. The van der Waals surface area contributed by atoms with Gasteiger partial charge in [-0.1, -0.05) is 15.9 Å². The monoisotopic (exact) mass is 321 g/mol. The number of urea groups is 1. The van der Waals surface area contributed by atoms with Gasteiger partial charge in [-0.05, 0) is 36.4 Å². The van der Waals surface area contributed by atoms with Crippen molar-refractivity contribution in [3.63, 3.8) is 0 Å². The summed E-state index contributed by atoms with van der Waals surface area (Å²) in [5, 5.41) is 5.34. The molecule has 6 heteroatoms. The molecule has 0 unspecified atom stereocenters. The largest absolute Gasteiger partial charge is 0.497 e. The molecule has 5 nitrogen and oxygen atoms in total. The number of anilines is 2. The number of halogens is 1. The normalized spacial score (nSPS) is 9.79. The van der Waals surface area contributed by atoms with Crippen molar-refractivity contribution in [1.29, 1.82) is 0 Å². The first-order valence-electron chi connectivity index (χ1n) is 5.51. The summed E-state index contributed by atoms with van der Waals surface area (Å²) >= 11 is 3.31. The van der Waals surface area contributed by atoms with Crippen LogP contribution in [0.25, 0.3) is 0 Å². The standard InChI is InChI=1S/C13H12BrN3O2/c1-19-11-4-2-10(3-5-11)16-13(18)17-12-8-9(14)6-7-15-12/h2-8H,1H3,(H2,15,16,17,18). The fourth-order valence-electron chi connectivity index (χ4n) is 1.43. The molecule has 0 aliphatic carbocycles. The Kier molecular flexibility index (Phi) is 4.35. The zero-order chi connectivity index (χ0) is 13.7. The minimum atomic E-state index is -0.351. The minimum Gasteiger partial charge on any atom is -0.497 e. The number of pyridine rings is 1. The Morgan fingerprint density at radius 2 is 1.95 bits per heavy atom. The highest BCUT2D eigenvalue weighted by molar-refractivity contribution is 9.10. The summed E-state index contributed by atoms with van der Waals surface area (Å²) in [6.07, 6.45) is 1.60. The summed E-state index contributed by atoms with van der Waals surface area (Å²) in [6, 6.07) is 10.2. The lowest BCUT2D eigenvalue weighted by molar-refractivity contribution is 0.262. The highest BCUT2D eigenvalue weighted by Gasteiger charge is 2.04. The Morgan fingerprint density at radius 1 is 1.21 bits per heavy atom. The summed E-state index contributed by atoms with van der Waals surface area (Å²) < 4.78 is 5.89. The molecular formula is C13H12BrN3O2. The van der Waals surface area contributed by atoms with Crippen LogP contribution in [-0.4, -0.2) is 18.1 Å². The number of ether oxygens (including phenoxy) is 1. The quantitative estimate of drug-likeness (QED) is 0.909. The van der Waals surface area contributed by atoms with Gasteiger partial charge in [-0.3, -0.25) is 5.32 Å². The predicted molar refractivity (Wildman–Crippen MR) is 77.6 cm³/mol. The van der Waals surface area contributed by atoms with E-state index in [-0.39, 0.29) is 6.03 Å². The average Bonchev–Trinajstić information content (AvgIpc) is 2.39. The van der Waals surface area contributed by atoms with Gasteiger partial charge < -0.3 is 10.1 Å².